The summed E-state index contributed by atoms with van der Waals surface area (Å²) in [7, 11) is 0. The number of ketones is 1. The minimum absolute atomic E-state index is 0.0246. The summed E-state index contributed by atoms with van der Waals surface area (Å²) in [6, 6.07) is 13.7. The van der Waals surface area contributed by atoms with E-state index >= 15 is 0 Å². The van der Waals surface area contributed by atoms with E-state index in [2.05, 4.69) is 20.4 Å². The Morgan fingerprint density at radius 2 is 1.16 bits per heavy atom. The Bertz CT molecular complexity index is 1200. The van der Waals surface area contributed by atoms with Gasteiger partial charge in [-0.1, -0.05) is 0 Å². The van der Waals surface area contributed by atoms with E-state index in [1.165, 1.54) is 6.92 Å². The third-order valence-electron chi connectivity index (χ3n) is 6.15. The van der Waals surface area contributed by atoms with Crippen LogP contribution in [-0.2, 0) is 9.47 Å². The summed E-state index contributed by atoms with van der Waals surface area (Å²) in [5.41, 5.74) is 2.62. The fraction of sp³-hybridized carbons (Fsp3) is 0.346. The maximum absolute atomic E-state index is 12.4. The van der Waals surface area contributed by atoms with Gasteiger partial charge < -0.3 is 29.9 Å². The number of amides is 2. The Morgan fingerprint density at radius 1 is 0.703 bits per heavy atom. The molecule has 11 nitrogen and oxygen atoms in total. The van der Waals surface area contributed by atoms with Crippen molar-refractivity contribution in [3.05, 3.63) is 54.1 Å². The molecule has 2 aliphatic rings. The molecule has 0 saturated carbocycles. The number of benzene rings is 2. The number of carbonyl (C=O) groups is 2. The Hall–Kier alpha value is -4.09. The second-order valence-corrected chi connectivity index (χ2v) is 8.75. The lowest BCUT2D eigenvalue weighted by Crippen LogP contribution is -2.40. The number of morpholine rings is 2. The molecule has 2 aromatic carbocycles. The lowest BCUT2D eigenvalue weighted by atomic mass is 10.1. The molecule has 2 aliphatic heterocycles. The third-order valence-corrected chi connectivity index (χ3v) is 6.15. The maximum Gasteiger partial charge on any atom is 0.323 e. The normalized spacial score (nSPS) is 15.8. The predicted molar refractivity (Wildman–Crippen MR) is 140 cm³/mol. The highest BCUT2D eigenvalue weighted by Crippen LogP contribution is 2.24. The zero-order chi connectivity index (χ0) is 25.6. The number of anilines is 4. The summed E-state index contributed by atoms with van der Waals surface area (Å²) in [5, 5.41) is 5.58. The minimum atomic E-state index is -0.382. The number of hydrogen-bond donors (Lipinski definition) is 2. The Kier molecular flexibility index (Phi) is 7.52. The van der Waals surface area contributed by atoms with Gasteiger partial charge in [-0.05, 0) is 55.5 Å². The highest BCUT2D eigenvalue weighted by molar-refractivity contribution is 6.00. The van der Waals surface area contributed by atoms with E-state index in [4.69, 9.17) is 24.4 Å². The van der Waals surface area contributed by atoms with E-state index in [9.17, 15) is 9.59 Å². The zero-order valence-corrected chi connectivity index (χ0v) is 20.6. The van der Waals surface area contributed by atoms with Gasteiger partial charge in [0.25, 0.3) is 0 Å². The van der Waals surface area contributed by atoms with Gasteiger partial charge >= 0.3 is 6.03 Å². The van der Waals surface area contributed by atoms with Gasteiger partial charge in [0.15, 0.2) is 11.6 Å². The molecule has 2 amide bonds. The molecule has 1 aromatic heterocycles. The number of ether oxygens (including phenoxy) is 2. The van der Waals surface area contributed by atoms with Crippen molar-refractivity contribution >= 4 is 35.1 Å². The number of urea groups is 1. The van der Waals surface area contributed by atoms with E-state index in [1.54, 1.807) is 36.4 Å². The molecular formula is C26H29N7O4. The number of nitrogens with zero attached hydrogens (tertiary/aromatic N) is 5. The first-order chi connectivity index (χ1) is 18.0. The van der Waals surface area contributed by atoms with Crippen LogP contribution >= 0.6 is 0 Å². The van der Waals surface area contributed by atoms with E-state index in [0.29, 0.717) is 61.1 Å². The second-order valence-electron chi connectivity index (χ2n) is 8.75. The van der Waals surface area contributed by atoms with Gasteiger partial charge in [-0.25, -0.2) is 4.79 Å². The molecule has 0 unspecified atom stereocenters. The minimum Gasteiger partial charge on any atom is -0.378 e. The predicted octanol–water partition coefficient (Wildman–Crippen LogP) is 3.06. The van der Waals surface area contributed by atoms with Crippen molar-refractivity contribution < 1.29 is 19.1 Å². The van der Waals surface area contributed by atoms with Crippen LogP contribution in [0.15, 0.2) is 48.5 Å². The van der Waals surface area contributed by atoms with Gasteiger partial charge in [-0.2, -0.15) is 15.0 Å². The van der Waals surface area contributed by atoms with Crippen LogP contribution in [0.3, 0.4) is 0 Å². The van der Waals surface area contributed by atoms with Gasteiger partial charge in [0.1, 0.15) is 0 Å². The van der Waals surface area contributed by atoms with Gasteiger partial charge in [0.2, 0.25) is 11.9 Å². The highest BCUT2D eigenvalue weighted by atomic mass is 16.5. The molecule has 2 N–H and O–H groups in total. The van der Waals surface area contributed by atoms with Gasteiger partial charge in [0.05, 0.1) is 26.4 Å². The van der Waals surface area contributed by atoms with E-state index in [1.807, 2.05) is 12.1 Å². The molecule has 0 spiro atoms. The van der Waals surface area contributed by atoms with Crippen LogP contribution in [0.1, 0.15) is 17.3 Å². The van der Waals surface area contributed by atoms with Crippen molar-refractivity contribution in [1.82, 2.24) is 15.0 Å². The van der Waals surface area contributed by atoms with Crippen LogP contribution in [-0.4, -0.2) is 79.4 Å². The van der Waals surface area contributed by atoms with Crippen molar-refractivity contribution in [2.45, 2.75) is 6.92 Å². The average molecular weight is 504 g/mol. The zero-order valence-electron chi connectivity index (χ0n) is 20.6. The van der Waals surface area contributed by atoms with Crippen molar-refractivity contribution in [3.8, 4) is 11.4 Å². The molecular weight excluding hydrogens is 474 g/mol. The molecule has 3 heterocycles. The Labute approximate surface area is 214 Å². The number of carbonyl (C=O) groups excluding carboxylic acids is 2. The monoisotopic (exact) mass is 503 g/mol. The molecule has 192 valence electrons. The number of rotatable bonds is 6. The van der Waals surface area contributed by atoms with E-state index < -0.39 is 0 Å². The lowest BCUT2D eigenvalue weighted by Gasteiger charge is -2.30. The number of aromatic nitrogens is 3. The largest absolute Gasteiger partial charge is 0.378 e. The van der Waals surface area contributed by atoms with E-state index in [0.717, 1.165) is 31.7 Å². The molecule has 3 aromatic rings. The summed E-state index contributed by atoms with van der Waals surface area (Å²) >= 11 is 0. The lowest BCUT2D eigenvalue weighted by molar-refractivity contribution is 0.101. The first kappa shape index (κ1) is 24.6. The molecule has 0 bridgehead atoms. The quantitative estimate of drug-likeness (QED) is 0.489. The van der Waals surface area contributed by atoms with Gasteiger partial charge in [0, 0.05) is 48.7 Å². The third kappa shape index (κ3) is 6.19. The molecule has 0 radical (unpaired) electrons. The van der Waals surface area contributed by atoms with Crippen LogP contribution in [0.25, 0.3) is 11.4 Å². The maximum atomic E-state index is 12.4. The fourth-order valence-electron chi connectivity index (χ4n) is 4.08. The average Bonchev–Trinajstić information content (AvgIpc) is 2.94. The standard InChI is InChI=1S/C26H29N7O4/c1-18(34)19-2-6-21(7-3-19)27-26(35)28-22-8-4-20(5-9-22)23-29-24(32-10-14-36-15-11-32)31-25(30-23)33-12-16-37-17-13-33/h2-9H,10-17H2,1H3,(H2,27,28,35). The number of hydrogen-bond acceptors (Lipinski definition) is 9. The van der Waals surface area contributed by atoms with Crippen molar-refractivity contribution in [1.29, 1.82) is 0 Å². The van der Waals surface area contributed by atoms with Crippen LogP contribution < -0.4 is 20.4 Å². The first-order valence-electron chi connectivity index (χ1n) is 12.3. The highest BCUT2D eigenvalue weighted by Gasteiger charge is 2.21. The molecule has 0 atom stereocenters. The van der Waals surface area contributed by atoms with Crippen LogP contribution in [0.2, 0.25) is 0 Å². The van der Waals surface area contributed by atoms with Crippen molar-refractivity contribution in [3.63, 3.8) is 0 Å². The van der Waals surface area contributed by atoms with Crippen LogP contribution in [0.4, 0.5) is 28.1 Å². The molecule has 2 saturated heterocycles. The Morgan fingerprint density at radius 3 is 1.62 bits per heavy atom. The summed E-state index contributed by atoms with van der Waals surface area (Å²) in [5.74, 6) is 1.81. The summed E-state index contributed by atoms with van der Waals surface area (Å²) in [4.78, 5) is 42.4. The topological polar surface area (TPSA) is 122 Å². The summed E-state index contributed by atoms with van der Waals surface area (Å²) < 4.78 is 11.0. The Balaban J connectivity index is 1.31. The molecule has 37 heavy (non-hydrogen) atoms. The first-order valence-corrected chi connectivity index (χ1v) is 12.3. The van der Waals surface area contributed by atoms with Crippen molar-refractivity contribution in [2.75, 3.05) is 73.0 Å². The SMILES string of the molecule is CC(=O)c1ccc(NC(=O)Nc2ccc(-c3nc(N4CCOCC4)nc(N4CCOCC4)n3)cc2)cc1. The summed E-state index contributed by atoms with van der Waals surface area (Å²) in [6.07, 6.45) is 0. The second kappa shape index (κ2) is 11.3. The molecule has 5 rings (SSSR count). The summed E-state index contributed by atoms with van der Waals surface area (Å²) in [6.45, 7) is 6.94. The van der Waals surface area contributed by atoms with Crippen LogP contribution in [0.5, 0.6) is 0 Å². The molecule has 2 fully saturated rings. The van der Waals surface area contributed by atoms with Gasteiger partial charge in [-0.3, -0.25) is 4.79 Å². The number of nitrogens with one attached hydrogen (secondary N) is 2. The van der Waals surface area contributed by atoms with Gasteiger partial charge in [-0.15, -0.1) is 0 Å². The molecule has 0 aliphatic carbocycles. The van der Waals surface area contributed by atoms with Crippen LogP contribution in [0, 0.1) is 0 Å². The smallest absolute Gasteiger partial charge is 0.323 e. The van der Waals surface area contributed by atoms with E-state index in [-0.39, 0.29) is 11.8 Å². The number of Topliss-reactive ketones (excluding diaryl/α,β-unsaturated/α-hetero) is 1. The van der Waals surface area contributed by atoms with Crippen molar-refractivity contribution in [2.24, 2.45) is 0 Å². The molecule has 11 heteroatoms. The fourth-order valence-corrected chi connectivity index (χ4v) is 4.08.